The van der Waals surface area contributed by atoms with E-state index in [9.17, 15) is 4.79 Å². The predicted molar refractivity (Wildman–Crippen MR) is 50.1 cm³/mol. The van der Waals surface area contributed by atoms with Crippen LogP contribution in [0.2, 0.25) is 0 Å². The van der Waals surface area contributed by atoms with Gasteiger partial charge >= 0.3 is 0 Å². The molecule has 0 aromatic heterocycles. The SMILES string of the molecule is CC(C)CN1CCCC(C=O)C1. The second-order valence-corrected chi connectivity index (χ2v) is 4.19. The van der Waals surface area contributed by atoms with E-state index in [0.29, 0.717) is 5.92 Å². The Kier molecular flexibility index (Phi) is 3.73. The van der Waals surface area contributed by atoms with Gasteiger partial charge in [0.05, 0.1) is 0 Å². The lowest BCUT2D eigenvalue weighted by Crippen LogP contribution is -2.38. The van der Waals surface area contributed by atoms with E-state index in [4.69, 9.17) is 0 Å². The van der Waals surface area contributed by atoms with Gasteiger partial charge in [-0.05, 0) is 25.3 Å². The van der Waals surface area contributed by atoms with E-state index in [1.54, 1.807) is 0 Å². The molecule has 0 amide bonds. The molecule has 12 heavy (non-hydrogen) atoms. The van der Waals surface area contributed by atoms with E-state index >= 15 is 0 Å². The fraction of sp³-hybridized carbons (Fsp3) is 0.900. The number of carbonyl (C=O) groups excluding carboxylic acids is 1. The molecule has 70 valence electrons. The van der Waals surface area contributed by atoms with Gasteiger partial charge in [0.1, 0.15) is 6.29 Å². The fourth-order valence-corrected chi connectivity index (χ4v) is 1.88. The van der Waals surface area contributed by atoms with E-state index in [0.717, 1.165) is 31.7 Å². The number of aldehydes is 1. The predicted octanol–water partition coefficient (Wildman–Crippen LogP) is 1.55. The van der Waals surface area contributed by atoms with Crippen LogP contribution in [0.3, 0.4) is 0 Å². The molecular formula is C10H19NO. The van der Waals surface area contributed by atoms with Crippen LogP contribution in [0.5, 0.6) is 0 Å². The Morgan fingerprint density at radius 1 is 1.58 bits per heavy atom. The largest absolute Gasteiger partial charge is 0.303 e. The van der Waals surface area contributed by atoms with Crippen LogP contribution < -0.4 is 0 Å². The van der Waals surface area contributed by atoms with Crippen molar-refractivity contribution in [2.45, 2.75) is 26.7 Å². The standard InChI is InChI=1S/C10H19NO/c1-9(2)6-11-5-3-4-10(7-11)8-12/h8-10H,3-7H2,1-2H3. The number of carbonyl (C=O) groups is 1. The summed E-state index contributed by atoms with van der Waals surface area (Å²) in [6, 6.07) is 0. The average Bonchev–Trinajstić information content (AvgIpc) is 2.03. The van der Waals surface area contributed by atoms with Gasteiger partial charge < -0.3 is 9.69 Å². The van der Waals surface area contributed by atoms with E-state index in [2.05, 4.69) is 18.7 Å². The van der Waals surface area contributed by atoms with Crippen LogP contribution in [-0.4, -0.2) is 30.8 Å². The molecule has 2 nitrogen and oxygen atoms in total. The van der Waals surface area contributed by atoms with Crippen LogP contribution >= 0.6 is 0 Å². The van der Waals surface area contributed by atoms with Crippen LogP contribution in [0.25, 0.3) is 0 Å². The monoisotopic (exact) mass is 169 g/mol. The summed E-state index contributed by atoms with van der Waals surface area (Å²) in [5, 5.41) is 0. The molecule has 0 aliphatic carbocycles. The highest BCUT2D eigenvalue weighted by molar-refractivity contribution is 5.53. The van der Waals surface area contributed by atoms with Crippen LogP contribution in [0.1, 0.15) is 26.7 Å². The number of likely N-dealkylation sites (tertiary alicyclic amines) is 1. The van der Waals surface area contributed by atoms with Crippen molar-refractivity contribution in [3.8, 4) is 0 Å². The Bertz CT molecular complexity index is 145. The molecule has 1 aliphatic heterocycles. The fourth-order valence-electron chi connectivity index (χ4n) is 1.88. The van der Waals surface area contributed by atoms with Crippen LogP contribution in [-0.2, 0) is 4.79 Å². The highest BCUT2D eigenvalue weighted by Gasteiger charge is 2.19. The molecule has 1 atom stereocenters. The number of piperidine rings is 1. The van der Waals surface area contributed by atoms with Gasteiger partial charge in [0.2, 0.25) is 0 Å². The summed E-state index contributed by atoms with van der Waals surface area (Å²) in [5.74, 6) is 1.02. The zero-order valence-electron chi connectivity index (χ0n) is 8.12. The third-order valence-electron chi connectivity index (χ3n) is 2.36. The maximum Gasteiger partial charge on any atom is 0.124 e. The van der Waals surface area contributed by atoms with E-state index in [-0.39, 0.29) is 0 Å². The second kappa shape index (κ2) is 4.61. The molecule has 1 heterocycles. The maximum absolute atomic E-state index is 10.6. The summed E-state index contributed by atoms with van der Waals surface area (Å²) in [6.45, 7) is 7.77. The normalized spacial score (nSPS) is 26.1. The van der Waals surface area contributed by atoms with E-state index in [1.807, 2.05) is 0 Å². The Balaban J connectivity index is 2.30. The first-order valence-corrected chi connectivity index (χ1v) is 4.90. The first-order valence-electron chi connectivity index (χ1n) is 4.90. The molecule has 0 N–H and O–H groups in total. The first kappa shape index (κ1) is 9.72. The van der Waals surface area contributed by atoms with Crippen molar-refractivity contribution in [1.82, 2.24) is 4.90 Å². The number of hydrogen-bond donors (Lipinski definition) is 0. The molecule has 0 aromatic rings. The molecule has 0 aromatic carbocycles. The minimum absolute atomic E-state index is 0.303. The molecule has 0 bridgehead atoms. The molecular weight excluding hydrogens is 150 g/mol. The first-order chi connectivity index (χ1) is 5.72. The highest BCUT2D eigenvalue weighted by atomic mass is 16.1. The maximum atomic E-state index is 10.6. The molecule has 0 saturated carbocycles. The topological polar surface area (TPSA) is 20.3 Å². The zero-order chi connectivity index (χ0) is 8.97. The molecule has 1 saturated heterocycles. The van der Waals surface area contributed by atoms with Crippen molar-refractivity contribution in [3.05, 3.63) is 0 Å². The van der Waals surface area contributed by atoms with Crippen molar-refractivity contribution in [2.75, 3.05) is 19.6 Å². The summed E-state index contributed by atoms with van der Waals surface area (Å²) in [6.07, 6.45) is 3.40. The van der Waals surface area contributed by atoms with Gasteiger partial charge in [-0.25, -0.2) is 0 Å². The highest BCUT2D eigenvalue weighted by Crippen LogP contribution is 2.15. The van der Waals surface area contributed by atoms with Crippen molar-refractivity contribution < 1.29 is 4.79 Å². The second-order valence-electron chi connectivity index (χ2n) is 4.19. The van der Waals surface area contributed by atoms with Gasteiger partial charge in [0, 0.05) is 19.0 Å². The number of nitrogens with zero attached hydrogens (tertiary/aromatic N) is 1. The smallest absolute Gasteiger partial charge is 0.124 e. The molecule has 1 unspecified atom stereocenters. The van der Waals surface area contributed by atoms with Crippen LogP contribution in [0.15, 0.2) is 0 Å². The summed E-state index contributed by atoms with van der Waals surface area (Å²) < 4.78 is 0. The Hall–Kier alpha value is -0.370. The third-order valence-corrected chi connectivity index (χ3v) is 2.36. The van der Waals surface area contributed by atoms with E-state index in [1.165, 1.54) is 13.0 Å². The molecule has 1 aliphatic rings. The molecule has 2 heteroatoms. The summed E-state index contributed by atoms with van der Waals surface area (Å²) >= 11 is 0. The van der Waals surface area contributed by atoms with Crippen molar-refractivity contribution in [3.63, 3.8) is 0 Å². The van der Waals surface area contributed by atoms with Crippen LogP contribution in [0.4, 0.5) is 0 Å². The van der Waals surface area contributed by atoms with E-state index < -0.39 is 0 Å². The average molecular weight is 169 g/mol. The third kappa shape index (κ3) is 2.94. The van der Waals surface area contributed by atoms with Gasteiger partial charge in [0.25, 0.3) is 0 Å². The van der Waals surface area contributed by atoms with Gasteiger partial charge in [-0.15, -0.1) is 0 Å². The molecule has 1 rings (SSSR count). The van der Waals surface area contributed by atoms with Gasteiger partial charge in [-0.2, -0.15) is 0 Å². The van der Waals surface area contributed by atoms with Crippen molar-refractivity contribution >= 4 is 6.29 Å². The zero-order valence-corrected chi connectivity index (χ0v) is 8.12. The Labute approximate surface area is 74.9 Å². The summed E-state index contributed by atoms with van der Waals surface area (Å²) in [4.78, 5) is 13.0. The minimum atomic E-state index is 0.303. The molecule has 0 radical (unpaired) electrons. The summed E-state index contributed by atoms with van der Waals surface area (Å²) in [5.41, 5.74) is 0. The van der Waals surface area contributed by atoms with Gasteiger partial charge in [-0.1, -0.05) is 13.8 Å². The lowest BCUT2D eigenvalue weighted by atomic mass is 9.99. The Morgan fingerprint density at radius 3 is 2.92 bits per heavy atom. The van der Waals surface area contributed by atoms with Gasteiger partial charge in [-0.3, -0.25) is 0 Å². The van der Waals surface area contributed by atoms with Crippen molar-refractivity contribution in [1.29, 1.82) is 0 Å². The Morgan fingerprint density at radius 2 is 2.33 bits per heavy atom. The quantitative estimate of drug-likeness (QED) is 0.597. The minimum Gasteiger partial charge on any atom is -0.303 e. The lowest BCUT2D eigenvalue weighted by molar-refractivity contribution is -0.112. The lowest BCUT2D eigenvalue weighted by Gasteiger charge is -2.31. The molecule has 0 spiro atoms. The summed E-state index contributed by atoms with van der Waals surface area (Å²) in [7, 11) is 0. The van der Waals surface area contributed by atoms with Crippen molar-refractivity contribution in [2.24, 2.45) is 11.8 Å². The van der Waals surface area contributed by atoms with Gasteiger partial charge in [0.15, 0.2) is 0 Å². The number of hydrogen-bond acceptors (Lipinski definition) is 2. The van der Waals surface area contributed by atoms with Crippen LogP contribution in [0, 0.1) is 11.8 Å². The molecule has 1 fully saturated rings. The number of rotatable bonds is 3.